The summed E-state index contributed by atoms with van der Waals surface area (Å²) in [6, 6.07) is 6.14. The maximum absolute atomic E-state index is 12.4. The summed E-state index contributed by atoms with van der Waals surface area (Å²) in [6.07, 6.45) is 3.62. The van der Waals surface area contributed by atoms with Crippen LogP contribution in [0.4, 0.5) is 0 Å². The van der Waals surface area contributed by atoms with Crippen LogP contribution in [0.25, 0.3) is 10.4 Å². The Balaban J connectivity index is 1.73. The molecule has 3 aromatic rings. The van der Waals surface area contributed by atoms with Gasteiger partial charge in [-0.1, -0.05) is 6.07 Å². The SMILES string of the molecule is Cc1nn(C)c(C)c1C(=O)NCc1cncc(-c2cccs2)c1. The summed E-state index contributed by atoms with van der Waals surface area (Å²) in [4.78, 5) is 17.8. The van der Waals surface area contributed by atoms with E-state index in [1.165, 1.54) is 4.88 Å². The van der Waals surface area contributed by atoms with Gasteiger partial charge in [0.1, 0.15) is 0 Å². The Hall–Kier alpha value is -2.47. The van der Waals surface area contributed by atoms with Crippen LogP contribution in [-0.4, -0.2) is 20.7 Å². The molecule has 0 spiro atoms. The summed E-state index contributed by atoms with van der Waals surface area (Å²) in [7, 11) is 1.84. The predicted molar refractivity (Wildman–Crippen MR) is 91.4 cm³/mol. The topological polar surface area (TPSA) is 59.8 Å². The number of aryl methyl sites for hydroxylation is 2. The van der Waals surface area contributed by atoms with Crippen LogP contribution in [-0.2, 0) is 13.6 Å². The van der Waals surface area contributed by atoms with Crippen molar-refractivity contribution >= 4 is 17.2 Å². The summed E-state index contributed by atoms with van der Waals surface area (Å²) in [5.41, 5.74) is 4.30. The van der Waals surface area contributed by atoms with Crippen LogP contribution in [0, 0.1) is 13.8 Å². The average molecular weight is 326 g/mol. The normalized spacial score (nSPS) is 10.7. The molecule has 118 valence electrons. The third kappa shape index (κ3) is 3.17. The van der Waals surface area contributed by atoms with E-state index in [0.717, 1.165) is 22.5 Å². The fourth-order valence-electron chi connectivity index (χ4n) is 2.53. The van der Waals surface area contributed by atoms with Crippen molar-refractivity contribution < 1.29 is 4.79 Å². The number of amides is 1. The molecular formula is C17H18N4OS. The van der Waals surface area contributed by atoms with Crippen molar-refractivity contribution in [1.29, 1.82) is 0 Å². The molecule has 0 aliphatic heterocycles. The molecule has 0 bridgehead atoms. The zero-order valence-electron chi connectivity index (χ0n) is 13.3. The number of carbonyl (C=O) groups excluding carboxylic acids is 1. The quantitative estimate of drug-likeness (QED) is 0.801. The number of thiophene rings is 1. The highest BCUT2D eigenvalue weighted by Crippen LogP contribution is 2.24. The van der Waals surface area contributed by atoms with Gasteiger partial charge in [-0.25, -0.2) is 0 Å². The van der Waals surface area contributed by atoms with Crippen molar-refractivity contribution in [1.82, 2.24) is 20.1 Å². The van der Waals surface area contributed by atoms with Crippen LogP contribution >= 0.6 is 11.3 Å². The molecule has 0 saturated carbocycles. The molecule has 3 rings (SSSR count). The summed E-state index contributed by atoms with van der Waals surface area (Å²) >= 11 is 1.67. The molecule has 0 aromatic carbocycles. The Morgan fingerprint density at radius 2 is 2.17 bits per heavy atom. The largest absolute Gasteiger partial charge is 0.348 e. The number of carbonyl (C=O) groups is 1. The maximum Gasteiger partial charge on any atom is 0.255 e. The number of pyridine rings is 1. The standard InChI is InChI=1S/C17H18N4OS/c1-11-16(12(2)21(3)20-11)17(22)19-9-13-7-14(10-18-8-13)15-5-4-6-23-15/h4-8,10H,9H2,1-3H3,(H,19,22). The lowest BCUT2D eigenvalue weighted by Gasteiger charge is -2.07. The number of rotatable bonds is 4. The Morgan fingerprint density at radius 3 is 2.83 bits per heavy atom. The van der Waals surface area contributed by atoms with E-state index in [0.29, 0.717) is 12.1 Å². The van der Waals surface area contributed by atoms with Crippen molar-refractivity contribution in [2.24, 2.45) is 7.05 Å². The molecule has 0 unspecified atom stereocenters. The number of hydrogen-bond donors (Lipinski definition) is 1. The van der Waals surface area contributed by atoms with Crippen LogP contribution in [0.2, 0.25) is 0 Å². The van der Waals surface area contributed by atoms with Crippen LogP contribution in [0.1, 0.15) is 27.3 Å². The first-order valence-corrected chi connectivity index (χ1v) is 8.20. The van der Waals surface area contributed by atoms with Crippen LogP contribution in [0.5, 0.6) is 0 Å². The molecule has 6 heteroatoms. The van der Waals surface area contributed by atoms with E-state index in [1.807, 2.05) is 38.5 Å². The maximum atomic E-state index is 12.4. The predicted octanol–water partition coefficient (Wildman–Crippen LogP) is 3.09. The number of hydrogen-bond acceptors (Lipinski definition) is 4. The Labute approximate surface area is 139 Å². The number of aromatic nitrogens is 3. The minimum atomic E-state index is -0.102. The fourth-order valence-corrected chi connectivity index (χ4v) is 3.24. The van der Waals surface area contributed by atoms with Gasteiger partial charge in [0.15, 0.2) is 0 Å². The third-order valence-corrected chi connectivity index (χ3v) is 4.71. The zero-order valence-corrected chi connectivity index (χ0v) is 14.1. The molecule has 3 aromatic heterocycles. The van der Waals surface area contributed by atoms with E-state index < -0.39 is 0 Å². The van der Waals surface area contributed by atoms with Gasteiger partial charge in [0.25, 0.3) is 5.91 Å². The van der Waals surface area contributed by atoms with Gasteiger partial charge in [0.2, 0.25) is 0 Å². The van der Waals surface area contributed by atoms with Crippen LogP contribution in [0.3, 0.4) is 0 Å². The fraction of sp³-hybridized carbons (Fsp3) is 0.235. The number of nitrogens with one attached hydrogen (secondary N) is 1. The van der Waals surface area contributed by atoms with Crippen molar-refractivity contribution in [3.05, 3.63) is 58.5 Å². The molecule has 0 aliphatic rings. The van der Waals surface area contributed by atoms with Gasteiger partial charge in [-0.05, 0) is 36.9 Å². The second kappa shape index (κ2) is 6.34. The molecule has 1 N–H and O–H groups in total. The zero-order chi connectivity index (χ0) is 16.4. The van der Waals surface area contributed by atoms with E-state index in [2.05, 4.69) is 27.5 Å². The summed E-state index contributed by atoms with van der Waals surface area (Å²) < 4.78 is 1.73. The summed E-state index contributed by atoms with van der Waals surface area (Å²) in [6.45, 7) is 4.19. The highest BCUT2D eigenvalue weighted by atomic mass is 32.1. The highest BCUT2D eigenvalue weighted by molar-refractivity contribution is 7.13. The third-order valence-electron chi connectivity index (χ3n) is 3.79. The first kappa shape index (κ1) is 15.4. The van der Waals surface area contributed by atoms with E-state index in [1.54, 1.807) is 22.2 Å². The van der Waals surface area contributed by atoms with Crippen molar-refractivity contribution in [3.8, 4) is 10.4 Å². The van der Waals surface area contributed by atoms with Gasteiger partial charge < -0.3 is 5.32 Å². The van der Waals surface area contributed by atoms with Gasteiger partial charge in [-0.3, -0.25) is 14.5 Å². The molecule has 3 heterocycles. The molecule has 0 radical (unpaired) electrons. The number of nitrogens with zero attached hydrogens (tertiary/aromatic N) is 3. The van der Waals surface area contributed by atoms with Gasteiger partial charge >= 0.3 is 0 Å². The van der Waals surface area contributed by atoms with Crippen LogP contribution < -0.4 is 5.32 Å². The summed E-state index contributed by atoms with van der Waals surface area (Å²) in [5.74, 6) is -0.102. The van der Waals surface area contributed by atoms with Gasteiger partial charge in [-0.15, -0.1) is 11.3 Å². The average Bonchev–Trinajstić information content (AvgIpc) is 3.15. The first-order valence-electron chi connectivity index (χ1n) is 7.32. The molecular weight excluding hydrogens is 308 g/mol. The monoisotopic (exact) mass is 326 g/mol. The molecule has 0 fully saturated rings. The highest BCUT2D eigenvalue weighted by Gasteiger charge is 2.16. The van der Waals surface area contributed by atoms with E-state index in [-0.39, 0.29) is 5.91 Å². The molecule has 0 atom stereocenters. The van der Waals surface area contributed by atoms with E-state index in [9.17, 15) is 4.79 Å². The Morgan fingerprint density at radius 1 is 1.35 bits per heavy atom. The molecule has 23 heavy (non-hydrogen) atoms. The van der Waals surface area contributed by atoms with Crippen molar-refractivity contribution in [2.45, 2.75) is 20.4 Å². The van der Waals surface area contributed by atoms with E-state index in [4.69, 9.17) is 0 Å². The second-order valence-corrected chi connectivity index (χ2v) is 6.36. The van der Waals surface area contributed by atoms with Crippen molar-refractivity contribution in [2.75, 3.05) is 0 Å². The second-order valence-electron chi connectivity index (χ2n) is 5.41. The molecule has 5 nitrogen and oxygen atoms in total. The Kier molecular flexibility index (Phi) is 4.25. The van der Waals surface area contributed by atoms with Gasteiger partial charge in [0, 0.05) is 42.1 Å². The Bertz CT molecular complexity index is 836. The minimum Gasteiger partial charge on any atom is -0.348 e. The van der Waals surface area contributed by atoms with Crippen molar-refractivity contribution in [3.63, 3.8) is 0 Å². The molecule has 0 aliphatic carbocycles. The lowest BCUT2D eigenvalue weighted by Crippen LogP contribution is -2.24. The minimum absolute atomic E-state index is 0.102. The molecule has 1 amide bonds. The van der Waals surface area contributed by atoms with Crippen LogP contribution in [0.15, 0.2) is 36.0 Å². The van der Waals surface area contributed by atoms with Gasteiger partial charge in [0.05, 0.1) is 11.3 Å². The molecule has 0 saturated heterocycles. The summed E-state index contributed by atoms with van der Waals surface area (Å²) in [5, 5.41) is 9.27. The first-order chi connectivity index (χ1) is 11.1. The van der Waals surface area contributed by atoms with Gasteiger partial charge in [-0.2, -0.15) is 5.10 Å². The smallest absolute Gasteiger partial charge is 0.255 e. The lowest BCUT2D eigenvalue weighted by molar-refractivity contribution is 0.0949. The van der Waals surface area contributed by atoms with E-state index >= 15 is 0 Å². The lowest BCUT2D eigenvalue weighted by atomic mass is 10.1.